The second kappa shape index (κ2) is 5.36. The highest BCUT2D eigenvalue weighted by atomic mass is 16.5. The van der Waals surface area contributed by atoms with E-state index < -0.39 is 12.0 Å². The van der Waals surface area contributed by atoms with Gasteiger partial charge in [0.05, 0.1) is 13.7 Å². The molecule has 0 saturated carbocycles. The average molecular weight is 209 g/mol. The number of nitrogens with two attached hydrogens (primary N) is 1. The van der Waals surface area contributed by atoms with Gasteiger partial charge in [-0.1, -0.05) is 12.1 Å². The lowest BCUT2D eigenvalue weighted by molar-refractivity contribution is -0.144. The lowest BCUT2D eigenvalue weighted by atomic mass is 10.1. The van der Waals surface area contributed by atoms with Crippen LogP contribution in [0.3, 0.4) is 0 Å². The third kappa shape index (κ3) is 2.95. The van der Waals surface area contributed by atoms with E-state index in [1.54, 1.807) is 38.3 Å². The van der Waals surface area contributed by atoms with Gasteiger partial charge in [-0.3, -0.25) is 0 Å². The number of hydrogen-bond donors (Lipinski definition) is 1. The molecule has 0 amide bonds. The summed E-state index contributed by atoms with van der Waals surface area (Å²) in [4.78, 5) is 11.3. The van der Waals surface area contributed by atoms with Crippen molar-refractivity contribution >= 4 is 5.97 Å². The molecule has 4 nitrogen and oxygen atoms in total. The van der Waals surface area contributed by atoms with E-state index in [1.165, 1.54) is 0 Å². The van der Waals surface area contributed by atoms with E-state index in [-0.39, 0.29) is 0 Å². The minimum Gasteiger partial charge on any atom is -0.497 e. The van der Waals surface area contributed by atoms with E-state index in [0.717, 1.165) is 5.75 Å². The molecule has 0 aliphatic carbocycles. The summed E-state index contributed by atoms with van der Waals surface area (Å²) in [5.74, 6) is 0.317. The summed E-state index contributed by atoms with van der Waals surface area (Å²) in [5.41, 5.74) is 6.42. The molecule has 0 bridgehead atoms. The third-order valence-electron chi connectivity index (χ3n) is 2.02. The van der Waals surface area contributed by atoms with Gasteiger partial charge in [0, 0.05) is 0 Å². The summed E-state index contributed by atoms with van der Waals surface area (Å²) in [5, 5.41) is 0. The van der Waals surface area contributed by atoms with Gasteiger partial charge in [0.2, 0.25) is 0 Å². The van der Waals surface area contributed by atoms with Crippen LogP contribution in [0.15, 0.2) is 24.3 Å². The number of hydrogen-bond acceptors (Lipinski definition) is 4. The molecule has 0 saturated heterocycles. The Kier molecular flexibility index (Phi) is 4.12. The maximum atomic E-state index is 11.3. The SMILES string of the molecule is CCOC(=O)[C@@H](N)c1ccc(OC)cc1. The number of methoxy groups -OCH3 is 1. The minimum atomic E-state index is -0.726. The van der Waals surface area contributed by atoms with Gasteiger partial charge in [-0.05, 0) is 24.6 Å². The van der Waals surface area contributed by atoms with Crippen LogP contribution >= 0.6 is 0 Å². The molecule has 2 N–H and O–H groups in total. The van der Waals surface area contributed by atoms with Crippen molar-refractivity contribution in [1.29, 1.82) is 0 Å². The van der Waals surface area contributed by atoms with Crippen molar-refractivity contribution in [3.05, 3.63) is 29.8 Å². The summed E-state index contributed by atoms with van der Waals surface area (Å²) in [6.45, 7) is 2.08. The Hall–Kier alpha value is -1.55. The second-order valence-corrected chi connectivity index (χ2v) is 3.00. The largest absolute Gasteiger partial charge is 0.497 e. The Balaban J connectivity index is 2.73. The van der Waals surface area contributed by atoms with E-state index in [4.69, 9.17) is 15.2 Å². The van der Waals surface area contributed by atoms with Gasteiger partial charge in [0.25, 0.3) is 0 Å². The summed E-state index contributed by atoms with van der Waals surface area (Å²) in [6.07, 6.45) is 0. The number of carbonyl (C=O) groups excluding carboxylic acids is 1. The van der Waals surface area contributed by atoms with Gasteiger partial charge < -0.3 is 15.2 Å². The quantitative estimate of drug-likeness (QED) is 0.758. The van der Waals surface area contributed by atoms with Gasteiger partial charge in [-0.25, -0.2) is 4.79 Å². The summed E-state index contributed by atoms with van der Waals surface area (Å²) in [6, 6.07) is 6.29. The molecule has 0 aromatic heterocycles. The fourth-order valence-corrected chi connectivity index (χ4v) is 1.18. The molecule has 0 spiro atoms. The van der Waals surface area contributed by atoms with Crippen molar-refractivity contribution in [2.24, 2.45) is 5.73 Å². The molecule has 0 aliphatic heterocycles. The average Bonchev–Trinajstić information content (AvgIpc) is 2.28. The van der Waals surface area contributed by atoms with Crippen molar-refractivity contribution in [1.82, 2.24) is 0 Å². The van der Waals surface area contributed by atoms with E-state index in [1.807, 2.05) is 0 Å². The fourth-order valence-electron chi connectivity index (χ4n) is 1.18. The number of esters is 1. The molecule has 82 valence electrons. The highest BCUT2D eigenvalue weighted by Gasteiger charge is 2.16. The van der Waals surface area contributed by atoms with Crippen molar-refractivity contribution in [3.63, 3.8) is 0 Å². The van der Waals surface area contributed by atoms with Crippen LogP contribution in [0.1, 0.15) is 18.5 Å². The predicted molar refractivity (Wildman–Crippen MR) is 56.6 cm³/mol. The normalized spacial score (nSPS) is 11.9. The molecular formula is C11H15NO3. The van der Waals surface area contributed by atoms with Crippen LogP contribution in [-0.2, 0) is 9.53 Å². The van der Waals surface area contributed by atoms with Crippen LogP contribution < -0.4 is 10.5 Å². The van der Waals surface area contributed by atoms with Gasteiger partial charge in [0.15, 0.2) is 0 Å². The Labute approximate surface area is 89.0 Å². The van der Waals surface area contributed by atoms with Gasteiger partial charge >= 0.3 is 5.97 Å². The highest BCUT2D eigenvalue weighted by Crippen LogP contribution is 2.16. The first kappa shape index (κ1) is 11.5. The summed E-state index contributed by atoms with van der Waals surface area (Å²) < 4.78 is 9.82. The number of rotatable bonds is 4. The Morgan fingerprint density at radius 2 is 2.00 bits per heavy atom. The Morgan fingerprint density at radius 1 is 1.40 bits per heavy atom. The van der Waals surface area contributed by atoms with Gasteiger partial charge in [0.1, 0.15) is 11.8 Å². The first-order valence-corrected chi connectivity index (χ1v) is 4.75. The second-order valence-electron chi connectivity index (χ2n) is 3.00. The maximum absolute atomic E-state index is 11.3. The molecule has 1 aromatic rings. The number of benzene rings is 1. The molecule has 0 unspecified atom stereocenters. The molecule has 0 heterocycles. The van der Waals surface area contributed by atoms with Crippen LogP contribution in [0, 0.1) is 0 Å². The lowest BCUT2D eigenvalue weighted by Gasteiger charge is -2.11. The lowest BCUT2D eigenvalue weighted by Crippen LogP contribution is -2.23. The maximum Gasteiger partial charge on any atom is 0.327 e. The van der Waals surface area contributed by atoms with Crippen LogP contribution in [0.25, 0.3) is 0 Å². The Bertz CT molecular complexity index is 321. The molecule has 4 heteroatoms. The minimum absolute atomic E-state index is 0.336. The zero-order chi connectivity index (χ0) is 11.3. The summed E-state index contributed by atoms with van der Waals surface area (Å²) in [7, 11) is 1.58. The van der Waals surface area contributed by atoms with Crippen LogP contribution in [-0.4, -0.2) is 19.7 Å². The standard InChI is InChI=1S/C11H15NO3/c1-3-15-11(13)10(12)8-4-6-9(14-2)7-5-8/h4-7,10H,3,12H2,1-2H3/t10-/m0/s1. The zero-order valence-electron chi connectivity index (χ0n) is 8.90. The van der Waals surface area contributed by atoms with Crippen molar-refractivity contribution < 1.29 is 14.3 Å². The Morgan fingerprint density at radius 3 is 2.47 bits per heavy atom. The van der Waals surface area contributed by atoms with Crippen molar-refractivity contribution in [2.75, 3.05) is 13.7 Å². The number of ether oxygens (including phenoxy) is 2. The smallest absolute Gasteiger partial charge is 0.327 e. The van der Waals surface area contributed by atoms with E-state index in [9.17, 15) is 4.79 Å². The van der Waals surface area contributed by atoms with Crippen molar-refractivity contribution in [2.45, 2.75) is 13.0 Å². The zero-order valence-corrected chi connectivity index (χ0v) is 8.90. The van der Waals surface area contributed by atoms with Crippen LogP contribution in [0.4, 0.5) is 0 Å². The molecule has 0 aliphatic rings. The fraction of sp³-hybridized carbons (Fsp3) is 0.364. The van der Waals surface area contributed by atoms with E-state index in [0.29, 0.717) is 12.2 Å². The van der Waals surface area contributed by atoms with E-state index in [2.05, 4.69) is 0 Å². The first-order chi connectivity index (χ1) is 7.19. The van der Waals surface area contributed by atoms with Crippen molar-refractivity contribution in [3.8, 4) is 5.75 Å². The topological polar surface area (TPSA) is 61.5 Å². The molecule has 0 fully saturated rings. The molecular weight excluding hydrogens is 194 g/mol. The van der Waals surface area contributed by atoms with Gasteiger partial charge in [-0.15, -0.1) is 0 Å². The first-order valence-electron chi connectivity index (χ1n) is 4.75. The van der Waals surface area contributed by atoms with Gasteiger partial charge in [-0.2, -0.15) is 0 Å². The molecule has 1 rings (SSSR count). The molecule has 0 radical (unpaired) electrons. The van der Waals surface area contributed by atoms with E-state index >= 15 is 0 Å². The third-order valence-corrected chi connectivity index (χ3v) is 2.02. The molecule has 15 heavy (non-hydrogen) atoms. The van der Waals surface area contributed by atoms with Crippen LogP contribution in [0.2, 0.25) is 0 Å². The summed E-state index contributed by atoms with van der Waals surface area (Å²) >= 11 is 0. The molecule has 1 aromatic carbocycles. The highest BCUT2D eigenvalue weighted by molar-refractivity contribution is 5.77. The predicted octanol–water partition coefficient (Wildman–Crippen LogP) is 1.26. The molecule has 1 atom stereocenters. The van der Waals surface area contributed by atoms with Crippen LogP contribution in [0.5, 0.6) is 5.75 Å². The number of carbonyl (C=O) groups is 1. The monoisotopic (exact) mass is 209 g/mol.